The van der Waals surface area contributed by atoms with E-state index in [1.807, 2.05) is 134 Å². The number of ketones is 5. The molecule has 112 heavy (non-hydrogen) atoms. The first-order valence-corrected chi connectivity index (χ1v) is 36.6. The predicted molar refractivity (Wildman–Crippen MR) is 410 cm³/mol. The van der Waals surface area contributed by atoms with E-state index in [2.05, 4.69) is 49.8 Å². The van der Waals surface area contributed by atoms with Crippen LogP contribution in [0, 0.1) is 55.4 Å². The van der Waals surface area contributed by atoms with Crippen molar-refractivity contribution in [3.8, 4) is 40.4 Å². The van der Waals surface area contributed by atoms with Gasteiger partial charge in [-0.25, -0.2) is 29.9 Å². The van der Waals surface area contributed by atoms with Gasteiger partial charge >= 0.3 is 0 Å². The minimum absolute atomic E-state index is 0.0554. The molecule has 10 aromatic rings. The first-order chi connectivity index (χ1) is 54.1. The van der Waals surface area contributed by atoms with Gasteiger partial charge in [0, 0.05) is 136 Å². The van der Waals surface area contributed by atoms with Gasteiger partial charge in [0.1, 0.15) is 93.5 Å². The van der Waals surface area contributed by atoms with Crippen LogP contribution in [-0.4, -0.2) is 190 Å². The van der Waals surface area contributed by atoms with Crippen LogP contribution < -0.4 is 33.2 Å². The van der Waals surface area contributed by atoms with E-state index in [1.165, 1.54) is 0 Å². The van der Waals surface area contributed by atoms with Crippen molar-refractivity contribution in [3.63, 3.8) is 0 Å². The SMILES string of the molecule is COc1ccc(CC(=O)c2cc(OC3COC3)cc(C)n2)nc1.COc1cccc(CC(=O)c2cc(OC3COC3)cc(C)n2)n1.Cc1ccc(CC(=O)c2cc(OC3COC3)cc(C)n2)nc1.Cc1ccc(CC(=O)c2cc(OC3COC3)cc(C)n2)nc1.Cc1cccc(CC(=O)c2cc(OC3COC3)cc(C)n2)n1. The van der Waals surface area contributed by atoms with Crippen molar-refractivity contribution in [1.82, 2.24) is 49.8 Å². The average Bonchev–Trinajstić information content (AvgIpc) is 0.850. The molecule has 10 aromatic heterocycles. The molecule has 0 spiro atoms. The Morgan fingerprint density at radius 3 is 0.830 bits per heavy atom. The molecule has 0 unspecified atom stereocenters. The molecular weight excluding hydrogens is 1430 g/mol. The van der Waals surface area contributed by atoms with Gasteiger partial charge in [0.2, 0.25) is 5.88 Å². The Kier molecular flexibility index (Phi) is 28.8. The molecule has 5 aliphatic heterocycles. The Bertz CT molecular complexity index is 4760. The highest BCUT2D eigenvalue weighted by molar-refractivity contribution is 5.98. The van der Waals surface area contributed by atoms with Crippen molar-refractivity contribution in [3.05, 3.63) is 254 Å². The average molecular weight is 1520 g/mol. The van der Waals surface area contributed by atoms with Crippen molar-refractivity contribution < 1.29 is 80.8 Å². The van der Waals surface area contributed by atoms with Gasteiger partial charge in [-0.05, 0) is 109 Å². The molecule has 0 radical (unpaired) electrons. The maximum absolute atomic E-state index is 12.5. The number of nitrogens with zero attached hydrogens (tertiary/aromatic N) is 10. The van der Waals surface area contributed by atoms with Crippen molar-refractivity contribution in [2.45, 2.75) is 118 Å². The standard InChI is InChI=1S/2C17H18N2O4.3C17H18N2O3/c1-11-5-14(23-15-9-22-10-15)7-16(19-11)17(20)6-12-3-4-13(21-2)8-18-12;1-11-6-13(23-14-9-22-10-14)8-15(18-11)16(20)7-12-4-3-5-17(19-12)21-2;2*1-11-3-4-13(18-8-11)6-17(20)16-7-14(5-12(2)19-16)22-15-9-21-10-15;1-11-4-3-5-13(18-11)7-17(20)16-8-14(6-12(2)19-16)22-15-9-21-10-15/h3-5,7-8,15H,6,9-10H2,1-2H3;3-6,8,14H,7,9-10H2,1-2H3;2*3-5,7-8,15H,6,9-10H2,1-2H3;3-6,8,15H,7,9-10H2,1-2H3. The van der Waals surface area contributed by atoms with Crippen molar-refractivity contribution in [2.75, 3.05) is 80.3 Å². The molecule has 5 fully saturated rings. The van der Waals surface area contributed by atoms with E-state index in [-0.39, 0.29) is 91.5 Å². The molecule has 0 N–H and O–H groups in total. The second kappa shape index (κ2) is 39.7. The van der Waals surface area contributed by atoms with Crippen molar-refractivity contribution in [1.29, 1.82) is 0 Å². The summed E-state index contributed by atoms with van der Waals surface area (Å²) in [5, 5.41) is 0. The van der Waals surface area contributed by atoms with Gasteiger partial charge in [0.25, 0.3) is 0 Å². The molecule has 27 heteroatoms. The monoisotopic (exact) mass is 1520 g/mol. The summed E-state index contributed by atoms with van der Waals surface area (Å²) in [6, 6.07) is 39.8. The fraction of sp³-hybridized carbons (Fsp3) is 0.353. The lowest BCUT2D eigenvalue weighted by Gasteiger charge is -2.26. The third-order valence-corrected chi connectivity index (χ3v) is 17.2. The zero-order valence-electron chi connectivity index (χ0n) is 64.3. The first-order valence-electron chi connectivity index (χ1n) is 36.6. The topological polar surface area (TPSA) is 325 Å². The van der Waals surface area contributed by atoms with Crippen molar-refractivity contribution >= 4 is 28.9 Å². The van der Waals surface area contributed by atoms with E-state index in [9.17, 15) is 24.0 Å². The van der Waals surface area contributed by atoms with Gasteiger partial charge in [0.15, 0.2) is 28.9 Å². The Balaban J connectivity index is 0.000000138. The summed E-state index contributed by atoms with van der Waals surface area (Å²) in [5.41, 5.74) is 12.4. The summed E-state index contributed by atoms with van der Waals surface area (Å²) >= 11 is 0. The Morgan fingerprint density at radius 2 is 0.580 bits per heavy atom. The summed E-state index contributed by atoms with van der Waals surface area (Å²) in [7, 11) is 3.12. The molecule has 582 valence electrons. The fourth-order valence-corrected chi connectivity index (χ4v) is 11.1. The highest BCUT2D eigenvalue weighted by Crippen LogP contribution is 2.26. The Morgan fingerprint density at radius 1 is 0.295 bits per heavy atom. The van der Waals surface area contributed by atoms with Gasteiger partial charge in [-0.1, -0.05) is 24.3 Å². The van der Waals surface area contributed by atoms with Crippen molar-refractivity contribution in [2.24, 2.45) is 0 Å². The molecule has 0 aliphatic carbocycles. The van der Waals surface area contributed by atoms with Crippen LogP contribution in [-0.2, 0) is 55.8 Å². The van der Waals surface area contributed by atoms with Gasteiger partial charge in [-0.15, -0.1) is 0 Å². The normalized spacial score (nSPS) is 14.3. The number of aromatic nitrogens is 10. The number of Topliss-reactive ketones (excluding diaryl/α,β-unsaturated/α-hetero) is 5. The molecular formula is C85H90N10O17. The molecule has 15 heterocycles. The Labute approximate surface area is 649 Å². The molecule has 15 rings (SSSR count). The largest absolute Gasteiger partial charge is 0.495 e. The number of ether oxygens (including phenoxy) is 12. The minimum atomic E-state index is -0.107. The van der Waals surface area contributed by atoms with E-state index in [4.69, 9.17) is 56.8 Å². The smallest absolute Gasteiger partial charge is 0.213 e. The zero-order valence-corrected chi connectivity index (χ0v) is 64.3. The van der Waals surface area contributed by atoms with E-state index < -0.39 is 0 Å². The second-order valence-corrected chi connectivity index (χ2v) is 27.3. The number of carbonyl (C=O) groups is 5. The maximum Gasteiger partial charge on any atom is 0.213 e. The molecule has 5 aliphatic rings. The summed E-state index contributed by atoms with van der Waals surface area (Å²) < 4.78 is 64.3. The van der Waals surface area contributed by atoms with Crippen LogP contribution in [0.15, 0.2) is 152 Å². The van der Waals surface area contributed by atoms with Gasteiger partial charge in [-0.3, -0.25) is 43.9 Å². The lowest BCUT2D eigenvalue weighted by Crippen LogP contribution is -2.38. The molecule has 0 aromatic carbocycles. The molecule has 0 atom stereocenters. The summed E-state index contributed by atoms with van der Waals surface area (Å²) in [4.78, 5) is 105. The molecule has 0 amide bonds. The first kappa shape index (κ1) is 81.2. The van der Waals surface area contributed by atoms with Crippen LogP contribution in [0.3, 0.4) is 0 Å². The fourth-order valence-electron chi connectivity index (χ4n) is 11.1. The van der Waals surface area contributed by atoms with Crippen LogP contribution in [0.2, 0.25) is 0 Å². The van der Waals surface area contributed by atoms with E-state index in [0.717, 1.165) is 62.4 Å². The van der Waals surface area contributed by atoms with E-state index >= 15 is 0 Å². The van der Waals surface area contributed by atoms with Crippen LogP contribution in [0.4, 0.5) is 0 Å². The maximum atomic E-state index is 12.5. The number of carbonyl (C=O) groups excluding carboxylic acids is 5. The second-order valence-electron chi connectivity index (χ2n) is 27.3. The number of pyridine rings is 10. The van der Waals surface area contributed by atoms with Crippen LogP contribution in [0.1, 0.15) is 126 Å². The van der Waals surface area contributed by atoms with Crippen LogP contribution in [0.25, 0.3) is 0 Å². The number of methoxy groups -OCH3 is 2. The van der Waals surface area contributed by atoms with Gasteiger partial charge < -0.3 is 56.8 Å². The van der Waals surface area contributed by atoms with E-state index in [0.29, 0.717) is 146 Å². The molecule has 5 saturated heterocycles. The highest BCUT2D eigenvalue weighted by Gasteiger charge is 2.27. The van der Waals surface area contributed by atoms with Crippen LogP contribution >= 0.6 is 0 Å². The number of rotatable bonds is 27. The van der Waals surface area contributed by atoms with Gasteiger partial charge in [0.05, 0.1) is 124 Å². The summed E-state index contributed by atoms with van der Waals surface area (Å²) in [6.45, 7) is 21.0. The quantitative estimate of drug-likeness (QED) is 0.0432. The minimum Gasteiger partial charge on any atom is -0.495 e. The molecule has 27 nitrogen and oxygen atoms in total. The molecule has 0 bridgehead atoms. The lowest BCUT2D eigenvalue weighted by molar-refractivity contribution is -0.0797. The number of hydrogen-bond donors (Lipinski definition) is 0. The molecule has 0 saturated carbocycles. The highest BCUT2D eigenvalue weighted by atomic mass is 16.6. The third-order valence-electron chi connectivity index (χ3n) is 17.2. The predicted octanol–water partition coefficient (Wildman–Crippen LogP) is 10.9. The lowest BCUT2D eigenvalue weighted by atomic mass is 10.1. The number of aryl methyl sites for hydroxylation is 8. The van der Waals surface area contributed by atoms with Crippen LogP contribution in [0.5, 0.6) is 40.4 Å². The Hall–Kier alpha value is -11.8. The third kappa shape index (κ3) is 25.1. The summed E-state index contributed by atoms with van der Waals surface area (Å²) in [5.74, 6) is 4.06. The number of hydrogen-bond acceptors (Lipinski definition) is 27. The zero-order chi connectivity index (χ0) is 79.0. The van der Waals surface area contributed by atoms with E-state index in [1.54, 1.807) is 87.4 Å². The van der Waals surface area contributed by atoms with Gasteiger partial charge in [-0.2, -0.15) is 0 Å². The summed E-state index contributed by atoms with van der Waals surface area (Å²) in [6.07, 6.45) is 6.52.